The van der Waals surface area contributed by atoms with Crippen molar-refractivity contribution < 1.29 is 40.3 Å². The number of halogens is 8. The summed E-state index contributed by atoms with van der Waals surface area (Å²) in [5.74, 6) is -1.13. The lowest BCUT2D eigenvalue weighted by Gasteiger charge is -2.24. The number of hydrogen-bond acceptors (Lipinski definition) is 2. The van der Waals surface area contributed by atoms with Crippen molar-refractivity contribution in [2.45, 2.75) is 43.4 Å². The zero-order valence-electron chi connectivity index (χ0n) is 15.4. The highest BCUT2D eigenvalue weighted by molar-refractivity contribution is 9.10. The first-order valence-corrected chi connectivity index (χ1v) is 9.89. The van der Waals surface area contributed by atoms with E-state index in [1.807, 2.05) is 0 Å². The van der Waals surface area contributed by atoms with E-state index in [0.29, 0.717) is 10.5 Å². The molecule has 0 saturated carbocycles. The summed E-state index contributed by atoms with van der Waals surface area (Å²) in [4.78, 5) is 13.8. The van der Waals surface area contributed by atoms with E-state index in [4.69, 9.17) is 4.74 Å². The molecular weight excluding hydrogens is 499 g/mol. The third-order valence-corrected chi connectivity index (χ3v) is 6.20. The number of carbonyl (C=O) groups is 1. The Hall–Kier alpha value is -2.30. The van der Waals surface area contributed by atoms with Gasteiger partial charge in [-0.05, 0) is 60.4 Å². The maximum Gasteiger partial charge on any atom is 0.416 e. The molecule has 0 bridgehead atoms. The number of ether oxygens (including phenoxy) is 1. The number of carbonyl (C=O) groups excluding carboxylic acids is 1. The van der Waals surface area contributed by atoms with Crippen LogP contribution >= 0.6 is 15.9 Å². The molecule has 0 spiro atoms. The van der Waals surface area contributed by atoms with E-state index >= 15 is 0 Å². The quantitative estimate of drug-likeness (QED) is 0.405. The zero-order chi connectivity index (χ0) is 22.7. The Labute approximate surface area is 179 Å². The summed E-state index contributed by atoms with van der Waals surface area (Å²) >= 11 is 3.20. The first kappa shape index (κ1) is 21.9. The third kappa shape index (κ3) is 3.99. The molecule has 3 atom stereocenters. The summed E-state index contributed by atoms with van der Waals surface area (Å²) in [6.45, 7) is 0. The minimum absolute atomic E-state index is 0.156. The van der Waals surface area contributed by atoms with Crippen molar-refractivity contribution in [1.82, 2.24) is 4.90 Å². The van der Waals surface area contributed by atoms with Crippen LogP contribution in [0, 0.1) is 5.82 Å². The number of alkyl halides is 6. The lowest BCUT2D eigenvalue weighted by molar-refractivity contribution is -0.138. The Morgan fingerprint density at radius 1 is 0.935 bits per heavy atom. The van der Waals surface area contributed by atoms with E-state index in [2.05, 4.69) is 15.9 Å². The maximum absolute atomic E-state index is 13.8. The van der Waals surface area contributed by atoms with Crippen LogP contribution in [0.25, 0.3) is 0 Å². The normalized spacial score (nSPS) is 23.8. The smallest absolute Gasteiger partial charge is 0.416 e. The van der Waals surface area contributed by atoms with Crippen LogP contribution in [0.5, 0.6) is 0 Å². The Morgan fingerprint density at radius 3 is 2.26 bits per heavy atom. The van der Waals surface area contributed by atoms with E-state index in [1.54, 1.807) is 0 Å². The molecule has 2 aliphatic heterocycles. The number of benzene rings is 2. The highest BCUT2D eigenvalue weighted by Crippen LogP contribution is 2.49. The molecule has 0 aliphatic carbocycles. The zero-order valence-corrected chi connectivity index (χ0v) is 17.0. The Balaban J connectivity index is 1.69. The van der Waals surface area contributed by atoms with Crippen molar-refractivity contribution in [3.63, 3.8) is 0 Å². The molecule has 11 heteroatoms. The minimum Gasteiger partial charge on any atom is -0.439 e. The number of amides is 1. The topological polar surface area (TPSA) is 29.5 Å². The van der Waals surface area contributed by atoms with Gasteiger partial charge in [0.15, 0.2) is 0 Å². The monoisotopic (exact) mass is 511 g/mol. The molecule has 166 valence electrons. The van der Waals surface area contributed by atoms with Crippen molar-refractivity contribution in [2.75, 3.05) is 0 Å². The van der Waals surface area contributed by atoms with Crippen LogP contribution in [0.4, 0.5) is 35.5 Å². The van der Waals surface area contributed by atoms with Gasteiger partial charge in [-0.2, -0.15) is 26.3 Å². The molecule has 2 aliphatic rings. The number of fused-ring (bicyclic) bond motifs is 1. The summed E-state index contributed by atoms with van der Waals surface area (Å²) in [6, 6.07) is 3.49. The average molecular weight is 512 g/mol. The fourth-order valence-corrected chi connectivity index (χ4v) is 4.67. The van der Waals surface area contributed by atoms with Crippen LogP contribution < -0.4 is 0 Å². The predicted octanol–water partition coefficient (Wildman–Crippen LogP) is 7.02. The molecule has 2 aromatic carbocycles. The molecule has 3 nitrogen and oxygen atoms in total. The molecule has 4 rings (SSSR count). The van der Waals surface area contributed by atoms with Crippen molar-refractivity contribution in [1.29, 1.82) is 0 Å². The van der Waals surface area contributed by atoms with Gasteiger partial charge < -0.3 is 4.74 Å². The van der Waals surface area contributed by atoms with Crippen LogP contribution in [-0.4, -0.2) is 17.0 Å². The average Bonchev–Trinajstić information content (AvgIpc) is 3.21. The SMILES string of the molecule is O=C1OC(c2cc(F)cc(C(F)(F)F)c2)C2CCC(c3cc(C(F)(F)F)ccc3Br)N12. The van der Waals surface area contributed by atoms with Crippen molar-refractivity contribution >= 4 is 22.0 Å². The summed E-state index contributed by atoms with van der Waals surface area (Å²) in [5, 5.41) is 0. The second-order valence-corrected chi connectivity index (χ2v) is 8.23. The van der Waals surface area contributed by atoms with Crippen molar-refractivity contribution in [3.8, 4) is 0 Å². The molecular formula is C20H13BrF7NO2. The van der Waals surface area contributed by atoms with Gasteiger partial charge in [0, 0.05) is 4.47 Å². The number of rotatable bonds is 2. The van der Waals surface area contributed by atoms with E-state index in [0.717, 1.165) is 24.3 Å². The molecule has 0 radical (unpaired) electrons. The van der Waals surface area contributed by atoms with E-state index in [9.17, 15) is 35.5 Å². The Bertz CT molecular complexity index is 1040. The summed E-state index contributed by atoms with van der Waals surface area (Å²) < 4.78 is 98.0. The van der Waals surface area contributed by atoms with Gasteiger partial charge in [0.05, 0.1) is 23.2 Å². The number of cyclic esters (lactones) is 1. The van der Waals surface area contributed by atoms with Gasteiger partial charge in [0.25, 0.3) is 0 Å². The molecule has 3 unspecified atom stereocenters. The summed E-state index contributed by atoms with van der Waals surface area (Å²) in [7, 11) is 0. The van der Waals surface area contributed by atoms with Gasteiger partial charge in [0.1, 0.15) is 11.9 Å². The second-order valence-electron chi connectivity index (χ2n) is 7.38. The van der Waals surface area contributed by atoms with Gasteiger partial charge in [-0.25, -0.2) is 9.18 Å². The fraction of sp³-hybridized carbons (Fsp3) is 0.350. The molecule has 0 aromatic heterocycles. The first-order chi connectivity index (χ1) is 14.4. The lowest BCUT2D eigenvalue weighted by atomic mass is 9.98. The van der Waals surface area contributed by atoms with Crippen LogP contribution in [-0.2, 0) is 17.1 Å². The van der Waals surface area contributed by atoms with Crippen LogP contribution in [0.15, 0.2) is 40.9 Å². The molecule has 31 heavy (non-hydrogen) atoms. The molecule has 2 heterocycles. The second kappa shape index (κ2) is 7.39. The van der Waals surface area contributed by atoms with E-state index in [1.165, 1.54) is 11.0 Å². The highest BCUT2D eigenvalue weighted by atomic mass is 79.9. The Kier molecular flexibility index (Phi) is 5.22. The molecule has 2 saturated heterocycles. The van der Waals surface area contributed by atoms with Gasteiger partial charge in [-0.1, -0.05) is 15.9 Å². The van der Waals surface area contributed by atoms with Crippen LogP contribution in [0.2, 0.25) is 0 Å². The maximum atomic E-state index is 13.8. The van der Waals surface area contributed by atoms with Crippen LogP contribution in [0.3, 0.4) is 0 Å². The van der Waals surface area contributed by atoms with Gasteiger partial charge in [0.2, 0.25) is 0 Å². The summed E-state index contributed by atoms with van der Waals surface area (Å²) in [5.41, 5.74) is -2.05. The highest BCUT2D eigenvalue weighted by Gasteiger charge is 2.51. The Morgan fingerprint density at radius 2 is 1.61 bits per heavy atom. The van der Waals surface area contributed by atoms with Crippen molar-refractivity contribution in [3.05, 3.63) is 68.9 Å². The molecule has 2 fully saturated rings. The molecule has 0 N–H and O–H groups in total. The van der Waals surface area contributed by atoms with Crippen molar-refractivity contribution in [2.24, 2.45) is 0 Å². The third-order valence-electron chi connectivity index (χ3n) is 5.48. The largest absolute Gasteiger partial charge is 0.439 e. The van der Waals surface area contributed by atoms with Gasteiger partial charge in [-0.15, -0.1) is 0 Å². The predicted molar refractivity (Wildman–Crippen MR) is 97.4 cm³/mol. The lowest BCUT2D eigenvalue weighted by Crippen LogP contribution is -2.31. The minimum atomic E-state index is -4.79. The van der Waals surface area contributed by atoms with Crippen LogP contribution in [0.1, 0.15) is 47.2 Å². The number of hydrogen-bond donors (Lipinski definition) is 0. The van der Waals surface area contributed by atoms with Gasteiger partial charge >= 0.3 is 18.4 Å². The first-order valence-electron chi connectivity index (χ1n) is 9.09. The summed E-state index contributed by atoms with van der Waals surface area (Å²) in [6.07, 6.45) is -10.9. The molecule has 1 amide bonds. The fourth-order valence-electron chi connectivity index (χ4n) is 4.16. The van der Waals surface area contributed by atoms with E-state index in [-0.39, 0.29) is 24.0 Å². The standard InChI is InChI=1S/C20H13BrF7NO2/c21-14-2-1-10(19(23,24)25)8-13(14)15-3-4-16-17(31-18(30)29(15)16)9-5-11(20(26,27)28)7-12(22)6-9/h1-2,5-8,15-17H,3-4H2. The van der Waals surface area contributed by atoms with Gasteiger partial charge in [-0.3, -0.25) is 4.90 Å². The molecule has 2 aromatic rings. The number of nitrogens with zero attached hydrogens (tertiary/aromatic N) is 1. The van der Waals surface area contributed by atoms with E-state index < -0.39 is 53.6 Å².